The normalized spacial score (nSPS) is 17.2. The van der Waals surface area contributed by atoms with E-state index in [0.29, 0.717) is 28.6 Å². The number of ether oxygens (including phenoxy) is 1. The molecule has 0 spiro atoms. The van der Waals surface area contributed by atoms with Crippen LogP contribution in [0.25, 0.3) is 21.0 Å². The van der Waals surface area contributed by atoms with Crippen LogP contribution in [0.2, 0.25) is 0 Å². The molecule has 39 heavy (non-hydrogen) atoms. The fraction of sp³-hybridized carbons (Fsp3) is 0.310. The summed E-state index contributed by atoms with van der Waals surface area (Å²) in [6.45, 7) is -0.776. The van der Waals surface area contributed by atoms with Gasteiger partial charge in [-0.05, 0) is 18.9 Å². The molecule has 1 saturated carbocycles. The summed E-state index contributed by atoms with van der Waals surface area (Å²) in [5.74, 6) is -0.935. The molecule has 4 aromatic rings. The first-order valence-corrected chi connectivity index (χ1v) is 13.7. The number of fused-ring (bicyclic) bond motifs is 3. The molecule has 3 N–H and O–H groups in total. The van der Waals surface area contributed by atoms with Gasteiger partial charge in [-0.2, -0.15) is 0 Å². The molecular weight excluding hydrogens is 518 g/mol. The fourth-order valence-electron chi connectivity index (χ4n) is 5.27. The van der Waals surface area contributed by atoms with Crippen LogP contribution in [0.15, 0.2) is 59.4 Å². The van der Waals surface area contributed by atoms with Crippen molar-refractivity contribution in [3.8, 4) is 5.75 Å². The Labute approximate surface area is 228 Å². The standard InChI is InChI=1S/C29H29N3O6S/c1-38-25-24-26(39-27(25)28(36)31-20-13-7-6-12-19(20)30-23(35)16-33)18-11-5-8-14-21(18)32(29(24)37)15-22(34)17-9-3-2-4-10-17/h2-5,8-11,14,19-20,33H,6-7,12-13,15-16H2,1H3,(H,30,35)(H,31,36)/t19-,20-/m0/s1. The van der Waals surface area contributed by atoms with Crippen molar-refractivity contribution in [1.29, 1.82) is 0 Å². The second kappa shape index (κ2) is 11.4. The zero-order valence-corrected chi connectivity index (χ0v) is 22.3. The van der Waals surface area contributed by atoms with Gasteiger partial charge in [-0.15, -0.1) is 11.3 Å². The summed E-state index contributed by atoms with van der Waals surface area (Å²) in [6.07, 6.45) is 3.16. The number of thiophene rings is 1. The lowest BCUT2D eigenvalue weighted by molar-refractivity contribution is -0.124. The van der Waals surface area contributed by atoms with Gasteiger partial charge >= 0.3 is 0 Å². The molecule has 0 aliphatic heterocycles. The van der Waals surface area contributed by atoms with E-state index >= 15 is 0 Å². The first-order chi connectivity index (χ1) is 18.9. The number of para-hydroxylation sites is 1. The molecule has 1 fully saturated rings. The molecule has 2 heterocycles. The average molecular weight is 548 g/mol. The molecule has 10 heteroatoms. The minimum atomic E-state index is -0.618. The Hall–Kier alpha value is -4.02. The summed E-state index contributed by atoms with van der Waals surface area (Å²) in [5, 5.41) is 15.9. The van der Waals surface area contributed by atoms with Crippen LogP contribution in [-0.4, -0.2) is 53.1 Å². The largest absolute Gasteiger partial charge is 0.494 e. The zero-order valence-electron chi connectivity index (χ0n) is 21.4. The van der Waals surface area contributed by atoms with E-state index in [-0.39, 0.29) is 40.4 Å². The van der Waals surface area contributed by atoms with Crippen molar-refractivity contribution in [1.82, 2.24) is 15.2 Å². The Morgan fingerprint density at radius 1 is 1.00 bits per heavy atom. The lowest BCUT2D eigenvalue weighted by atomic mass is 9.90. The summed E-state index contributed by atoms with van der Waals surface area (Å²) in [5.41, 5.74) is 0.682. The Kier molecular flexibility index (Phi) is 7.76. The number of carbonyl (C=O) groups is 3. The summed E-state index contributed by atoms with van der Waals surface area (Å²) >= 11 is 1.17. The third-order valence-electron chi connectivity index (χ3n) is 7.14. The topological polar surface area (TPSA) is 127 Å². The lowest BCUT2D eigenvalue weighted by Gasteiger charge is -2.32. The number of rotatable bonds is 8. The SMILES string of the molecule is COc1c(C(=O)N[C@H]2CCCC[C@@H]2NC(=O)CO)sc2c1c(=O)n(CC(=O)c1ccccc1)c1ccccc21. The van der Waals surface area contributed by atoms with Crippen molar-refractivity contribution in [3.05, 3.63) is 75.4 Å². The van der Waals surface area contributed by atoms with E-state index in [1.54, 1.807) is 36.4 Å². The Morgan fingerprint density at radius 2 is 1.67 bits per heavy atom. The van der Waals surface area contributed by atoms with Crippen LogP contribution in [-0.2, 0) is 11.3 Å². The number of aliphatic hydroxyl groups is 1. The number of hydrogen-bond acceptors (Lipinski definition) is 7. The van der Waals surface area contributed by atoms with Crippen molar-refractivity contribution in [2.45, 2.75) is 44.3 Å². The number of benzene rings is 2. The maximum atomic E-state index is 13.9. The van der Waals surface area contributed by atoms with Gasteiger partial charge in [-0.3, -0.25) is 23.7 Å². The van der Waals surface area contributed by atoms with Crippen LogP contribution >= 0.6 is 11.3 Å². The first-order valence-electron chi connectivity index (χ1n) is 12.8. The number of pyridine rings is 1. The lowest BCUT2D eigenvalue weighted by Crippen LogP contribution is -2.53. The van der Waals surface area contributed by atoms with Crippen LogP contribution in [0.5, 0.6) is 5.75 Å². The second-order valence-corrected chi connectivity index (χ2v) is 10.6. The molecule has 0 bridgehead atoms. The highest BCUT2D eigenvalue weighted by molar-refractivity contribution is 7.22. The number of nitrogens with zero attached hydrogens (tertiary/aromatic N) is 1. The van der Waals surface area contributed by atoms with Gasteiger partial charge in [-0.1, -0.05) is 61.4 Å². The number of methoxy groups -OCH3 is 1. The summed E-state index contributed by atoms with van der Waals surface area (Å²) in [4.78, 5) is 52.5. The Bertz CT molecular complexity index is 1610. The Morgan fingerprint density at radius 3 is 2.36 bits per heavy atom. The van der Waals surface area contributed by atoms with Crippen LogP contribution in [0.1, 0.15) is 45.7 Å². The van der Waals surface area contributed by atoms with Crippen LogP contribution in [0, 0.1) is 0 Å². The molecule has 1 aliphatic carbocycles. The fourth-order valence-corrected chi connectivity index (χ4v) is 6.47. The molecule has 0 unspecified atom stereocenters. The van der Waals surface area contributed by atoms with Crippen molar-refractivity contribution in [2.75, 3.05) is 13.7 Å². The van der Waals surface area contributed by atoms with Gasteiger partial charge in [0.15, 0.2) is 11.5 Å². The minimum absolute atomic E-state index is 0.159. The summed E-state index contributed by atoms with van der Waals surface area (Å²) < 4.78 is 7.68. The van der Waals surface area contributed by atoms with Gasteiger partial charge in [0.25, 0.3) is 11.5 Å². The van der Waals surface area contributed by atoms with Gasteiger partial charge in [0.05, 0.1) is 23.9 Å². The highest BCUT2D eigenvalue weighted by Gasteiger charge is 2.31. The molecule has 9 nitrogen and oxygen atoms in total. The molecule has 2 atom stereocenters. The number of carbonyl (C=O) groups excluding carboxylic acids is 3. The Balaban J connectivity index is 1.56. The van der Waals surface area contributed by atoms with Crippen molar-refractivity contribution in [2.24, 2.45) is 0 Å². The number of amides is 2. The summed E-state index contributed by atoms with van der Waals surface area (Å²) in [6, 6.07) is 15.5. The predicted molar refractivity (Wildman–Crippen MR) is 150 cm³/mol. The molecule has 0 radical (unpaired) electrons. The monoisotopic (exact) mass is 547 g/mol. The minimum Gasteiger partial charge on any atom is -0.494 e. The van der Waals surface area contributed by atoms with E-state index in [4.69, 9.17) is 9.84 Å². The molecule has 2 aromatic heterocycles. The highest BCUT2D eigenvalue weighted by Crippen LogP contribution is 2.39. The van der Waals surface area contributed by atoms with E-state index in [0.717, 1.165) is 18.2 Å². The zero-order chi connectivity index (χ0) is 27.5. The number of aromatic nitrogens is 1. The maximum absolute atomic E-state index is 13.9. The van der Waals surface area contributed by atoms with Crippen molar-refractivity contribution >= 4 is 49.9 Å². The number of nitrogens with one attached hydrogen (secondary N) is 2. The molecule has 2 amide bonds. The average Bonchev–Trinajstić information content (AvgIpc) is 3.37. The van der Waals surface area contributed by atoms with Crippen molar-refractivity contribution < 1.29 is 24.2 Å². The van der Waals surface area contributed by atoms with E-state index in [1.165, 1.54) is 23.0 Å². The smallest absolute Gasteiger partial charge is 0.265 e. The maximum Gasteiger partial charge on any atom is 0.265 e. The molecule has 202 valence electrons. The van der Waals surface area contributed by atoms with Crippen LogP contribution < -0.4 is 20.9 Å². The van der Waals surface area contributed by atoms with Gasteiger partial charge in [0, 0.05) is 23.0 Å². The third-order valence-corrected chi connectivity index (χ3v) is 8.35. The number of aliphatic hydroxyl groups excluding tert-OH is 1. The molecule has 1 aliphatic rings. The molecule has 5 rings (SSSR count). The molecule has 2 aromatic carbocycles. The van der Waals surface area contributed by atoms with Gasteiger partial charge in [0.2, 0.25) is 5.91 Å². The van der Waals surface area contributed by atoms with E-state index in [9.17, 15) is 19.2 Å². The van der Waals surface area contributed by atoms with E-state index in [1.807, 2.05) is 18.2 Å². The van der Waals surface area contributed by atoms with Crippen LogP contribution in [0.3, 0.4) is 0 Å². The number of ketones is 1. The van der Waals surface area contributed by atoms with Gasteiger partial charge in [0.1, 0.15) is 16.9 Å². The molecular formula is C29H29N3O6S. The van der Waals surface area contributed by atoms with Crippen molar-refractivity contribution in [3.63, 3.8) is 0 Å². The first kappa shape index (κ1) is 26.6. The molecule has 0 saturated heterocycles. The van der Waals surface area contributed by atoms with E-state index in [2.05, 4.69) is 10.6 Å². The van der Waals surface area contributed by atoms with Crippen LogP contribution in [0.4, 0.5) is 0 Å². The number of hydrogen-bond donors (Lipinski definition) is 3. The quantitative estimate of drug-likeness (QED) is 0.291. The second-order valence-electron chi connectivity index (χ2n) is 9.56. The third kappa shape index (κ3) is 5.17. The van der Waals surface area contributed by atoms with E-state index < -0.39 is 24.0 Å². The highest BCUT2D eigenvalue weighted by atomic mass is 32.1. The predicted octanol–water partition coefficient (Wildman–Crippen LogP) is 3.26. The number of Topliss-reactive ketones (excluding diaryl/α,β-unsaturated/α-hetero) is 1. The van der Waals surface area contributed by atoms with Gasteiger partial charge < -0.3 is 20.5 Å². The van der Waals surface area contributed by atoms with Gasteiger partial charge in [-0.25, -0.2) is 0 Å². The summed E-state index contributed by atoms with van der Waals surface area (Å²) in [7, 11) is 1.41.